The van der Waals surface area contributed by atoms with Crippen LogP contribution >= 0.6 is 11.3 Å². The van der Waals surface area contributed by atoms with E-state index in [-0.39, 0.29) is 5.41 Å². The zero-order valence-electron chi connectivity index (χ0n) is 26.4. The molecule has 0 aliphatic carbocycles. The number of rotatable bonds is 16. The lowest BCUT2D eigenvalue weighted by Gasteiger charge is -2.19. The van der Waals surface area contributed by atoms with Gasteiger partial charge in [0, 0.05) is 18.5 Å². The molecule has 2 aromatic heterocycles. The van der Waals surface area contributed by atoms with E-state index in [2.05, 4.69) is 61.6 Å². The van der Waals surface area contributed by atoms with E-state index in [9.17, 15) is 0 Å². The molecule has 0 radical (unpaired) electrons. The van der Waals surface area contributed by atoms with Crippen LogP contribution in [0, 0.1) is 5.41 Å². The summed E-state index contributed by atoms with van der Waals surface area (Å²) in [5.74, 6) is 2.66. The third-order valence-corrected chi connectivity index (χ3v) is 8.28. The van der Waals surface area contributed by atoms with Gasteiger partial charge in [-0.1, -0.05) is 84.5 Å². The average Bonchev–Trinajstić information content (AvgIpc) is 3.69. The Morgan fingerprint density at radius 1 is 0.952 bits per heavy atom. The Morgan fingerprint density at radius 3 is 2.40 bits per heavy atom. The number of thiazole rings is 1. The summed E-state index contributed by atoms with van der Waals surface area (Å²) in [7, 11) is 1.66. The predicted octanol–water partition coefficient (Wildman–Crippen LogP) is 8.16. The van der Waals surface area contributed by atoms with E-state index in [1.54, 1.807) is 23.1 Å². The van der Waals surface area contributed by atoms with E-state index in [4.69, 9.17) is 19.6 Å². The van der Waals surface area contributed by atoms with Gasteiger partial charge >= 0.3 is 0 Å². The SMILES string of the molecule is CCCCCCCCOc1ccc(OC)c(-c2nnc3n2N=C(C(C)(C)C)C3=Nc2ncc(N(CC)CCCC)s2)c1. The minimum Gasteiger partial charge on any atom is -0.496 e. The molecule has 0 spiro atoms. The van der Waals surface area contributed by atoms with Gasteiger partial charge in [-0.3, -0.25) is 0 Å². The van der Waals surface area contributed by atoms with Crippen LogP contribution in [-0.4, -0.2) is 58.1 Å². The van der Waals surface area contributed by atoms with Gasteiger partial charge in [0.25, 0.3) is 0 Å². The van der Waals surface area contributed by atoms with Crippen LogP contribution < -0.4 is 14.4 Å². The van der Waals surface area contributed by atoms with Crippen LogP contribution in [0.15, 0.2) is 34.5 Å². The zero-order valence-corrected chi connectivity index (χ0v) is 27.3. The van der Waals surface area contributed by atoms with Crippen molar-refractivity contribution in [1.82, 2.24) is 19.9 Å². The molecule has 0 unspecified atom stereocenters. The van der Waals surface area contributed by atoms with Gasteiger partial charge < -0.3 is 14.4 Å². The average molecular weight is 594 g/mol. The van der Waals surface area contributed by atoms with E-state index < -0.39 is 0 Å². The highest BCUT2D eigenvalue weighted by atomic mass is 32.1. The topological polar surface area (TPSA) is 90.0 Å². The normalized spacial score (nSPS) is 13.9. The fourth-order valence-corrected chi connectivity index (χ4v) is 5.78. The van der Waals surface area contributed by atoms with Gasteiger partial charge in [0.2, 0.25) is 11.0 Å². The summed E-state index contributed by atoms with van der Waals surface area (Å²) in [6.45, 7) is 15.7. The molecule has 0 saturated carbocycles. The Kier molecular flexibility index (Phi) is 11.1. The third-order valence-electron chi connectivity index (χ3n) is 7.33. The lowest BCUT2D eigenvalue weighted by atomic mass is 9.87. The first-order valence-corrected chi connectivity index (χ1v) is 16.3. The lowest BCUT2D eigenvalue weighted by Crippen LogP contribution is -2.27. The van der Waals surface area contributed by atoms with Gasteiger partial charge in [0.15, 0.2) is 5.82 Å². The van der Waals surface area contributed by atoms with Crippen LogP contribution in [0.25, 0.3) is 11.4 Å². The number of hydrogen-bond acceptors (Lipinski definition) is 9. The van der Waals surface area contributed by atoms with Crippen molar-refractivity contribution in [2.24, 2.45) is 15.5 Å². The molecule has 0 fully saturated rings. The van der Waals surface area contributed by atoms with Gasteiger partial charge in [-0.25, -0.2) is 9.98 Å². The van der Waals surface area contributed by atoms with Crippen molar-refractivity contribution in [3.8, 4) is 22.9 Å². The highest BCUT2D eigenvalue weighted by molar-refractivity contribution is 7.19. The summed E-state index contributed by atoms with van der Waals surface area (Å²) < 4.78 is 13.6. The zero-order chi connectivity index (χ0) is 30.1. The highest BCUT2D eigenvalue weighted by Crippen LogP contribution is 2.37. The van der Waals surface area contributed by atoms with E-state index in [1.807, 2.05) is 24.4 Å². The fourth-order valence-electron chi connectivity index (χ4n) is 4.90. The molecule has 0 N–H and O–H groups in total. The number of benzene rings is 1. The van der Waals surface area contributed by atoms with Crippen LogP contribution in [0.1, 0.15) is 98.7 Å². The van der Waals surface area contributed by atoms with E-state index in [0.717, 1.165) is 54.4 Å². The number of fused-ring (bicyclic) bond motifs is 1. The van der Waals surface area contributed by atoms with Gasteiger partial charge in [-0.05, 0) is 38.0 Å². The summed E-state index contributed by atoms with van der Waals surface area (Å²) in [5, 5.41) is 15.9. The largest absolute Gasteiger partial charge is 0.496 e. The maximum absolute atomic E-state index is 6.12. The number of aromatic nitrogens is 4. The molecule has 228 valence electrons. The number of ether oxygens (including phenoxy) is 2. The molecule has 3 aromatic rings. The number of anilines is 1. The molecule has 0 atom stereocenters. The van der Waals surface area contributed by atoms with Crippen LogP contribution in [0.5, 0.6) is 11.5 Å². The molecule has 9 nitrogen and oxygen atoms in total. The van der Waals surface area contributed by atoms with Crippen molar-refractivity contribution in [2.75, 3.05) is 31.7 Å². The molecule has 3 heterocycles. The minimum atomic E-state index is -0.264. The van der Waals surface area contributed by atoms with Crippen LogP contribution in [0.2, 0.25) is 0 Å². The Balaban J connectivity index is 1.61. The summed E-state index contributed by atoms with van der Waals surface area (Å²) in [4.78, 5) is 12.0. The first-order valence-electron chi connectivity index (χ1n) is 15.5. The van der Waals surface area contributed by atoms with Crippen molar-refractivity contribution >= 4 is 32.9 Å². The molecule has 0 amide bonds. The van der Waals surface area contributed by atoms with E-state index >= 15 is 0 Å². The van der Waals surface area contributed by atoms with Gasteiger partial charge in [0.1, 0.15) is 22.2 Å². The summed E-state index contributed by atoms with van der Waals surface area (Å²) in [5.41, 5.74) is 2.06. The molecule has 10 heteroatoms. The quantitative estimate of drug-likeness (QED) is 0.156. The fraction of sp³-hybridized carbons (Fsp3) is 0.594. The smallest absolute Gasteiger partial charge is 0.211 e. The van der Waals surface area contributed by atoms with Crippen LogP contribution in [0.4, 0.5) is 10.1 Å². The minimum absolute atomic E-state index is 0.264. The second-order valence-corrected chi connectivity index (χ2v) is 12.7. The standard InChI is InChI=1S/C32H47N7O2S/c1-8-11-13-14-15-16-20-41-23-17-18-25(40-7)24(21-23)29-35-36-30-27(28(32(4,5)6)37-39(29)30)34-31-33-22-26(42-31)38(10-3)19-12-9-2/h17-18,21-22H,8-16,19-20H2,1-7H3. The molecule has 1 aliphatic heterocycles. The van der Waals surface area contributed by atoms with Crippen LogP contribution in [0.3, 0.4) is 0 Å². The van der Waals surface area contributed by atoms with Crippen molar-refractivity contribution in [2.45, 2.75) is 92.9 Å². The Labute approximate surface area is 255 Å². The predicted molar refractivity (Wildman–Crippen MR) is 174 cm³/mol. The maximum atomic E-state index is 6.12. The first kappa shape index (κ1) is 31.7. The lowest BCUT2D eigenvalue weighted by molar-refractivity contribution is 0.304. The summed E-state index contributed by atoms with van der Waals surface area (Å²) in [6, 6.07) is 5.83. The molecule has 4 rings (SSSR count). The van der Waals surface area contributed by atoms with Crippen molar-refractivity contribution in [3.63, 3.8) is 0 Å². The van der Waals surface area contributed by atoms with Gasteiger partial charge in [-0.15, -0.1) is 10.2 Å². The summed E-state index contributed by atoms with van der Waals surface area (Å²) in [6.07, 6.45) is 11.6. The maximum Gasteiger partial charge on any atom is 0.211 e. The van der Waals surface area contributed by atoms with Gasteiger partial charge in [0.05, 0.1) is 31.2 Å². The molecule has 42 heavy (non-hydrogen) atoms. The molecular formula is C32H47N7O2S. The molecule has 1 aliphatic rings. The molecular weight excluding hydrogens is 546 g/mol. The Morgan fingerprint density at radius 2 is 1.69 bits per heavy atom. The molecule has 1 aromatic carbocycles. The molecule has 0 saturated heterocycles. The third kappa shape index (κ3) is 7.56. The molecule has 0 bridgehead atoms. The number of aliphatic imine (C=N–C) groups is 1. The Hall–Kier alpha value is -3.27. The summed E-state index contributed by atoms with van der Waals surface area (Å²) >= 11 is 1.59. The number of methoxy groups -OCH3 is 1. The van der Waals surface area contributed by atoms with Crippen molar-refractivity contribution in [3.05, 3.63) is 30.2 Å². The second-order valence-electron chi connectivity index (χ2n) is 11.7. The van der Waals surface area contributed by atoms with Crippen LogP contribution in [-0.2, 0) is 0 Å². The first-order chi connectivity index (χ1) is 20.3. The number of unbranched alkanes of at least 4 members (excludes halogenated alkanes) is 6. The Bertz CT molecular complexity index is 1370. The highest BCUT2D eigenvalue weighted by Gasteiger charge is 2.36. The monoisotopic (exact) mass is 593 g/mol. The van der Waals surface area contributed by atoms with E-state index in [1.165, 1.54) is 32.1 Å². The van der Waals surface area contributed by atoms with Crippen molar-refractivity contribution in [1.29, 1.82) is 0 Å². The van der Waals surface area contributed by atoms with Gasteiger partial charge in [-0.2, -0.15) is 9.78 Å². The number of hydrogen-bond donors (Lipinski definition) is 0. The van der Waals surface area contributed by atoms with E-state index in [0.29, 0.717) is 34.8 Å². The van der Waals surface area contributed by atoms with Crippen molar-refractivity contribution < 1.29 is 9.47 Å². The number of nitrogens with zero attached hydrogens (tertiary/aromatic N) is 7. The second kappa shape index (κ2) is 14.8.